The van der Waals surface area contributed by atoms with Crippen LogP contribution >= 0.6 is 22.6 Å². The van der Waals surface area contributed by atoms with E-state index in [2.05, 4.69) is 62.0 Å². The summed E-state index contributed by atoms with van der Waals surface area (Å²) in [4.78, 5) is 22.6. The number of nitrogens with zero attached hydrogens (tertiary/aromatic N) is 3. The van der Waals surface area contributed by atoms with Crippen LogP contribution in [-0.2, 0) is 6.54 Å². The third-order valence-corrected chi connectivity index (χ3v) is 5.49. The Labute approximate surface area is 191 Å². The molecule has 0 aliphatic heterocycles. The average molecular weight is 524 g/mol. The highest BCUT2D eigenvalue weighted by atomic mass is 127. The standard InChI is InChI=1S/C23H17IN4O3/c24-19-10-8-16(9-11-19)14-27-15-18(21-6-1-2-7-22(21)27)13-25-26-23(29)17-4-3-5-20(12-17)28(30)31/h1-13,15H,14H2,(H,26,29)/b25-13+. The summed E-state index contributed by atoms with van der Waals surface area (Å²) in [7, 11) is 0. The van der Waals surface area contributed by atoms with Gasteiger partial charge in [-0.2, -0.15) is 5.10 Å². The van der Waals surface area contributed by atoms with Gasteiger partial charge in [0.1, 0.15) is 0 Å². The van der Waals surface area contributed by atoms with Crippen LogP contribution in [-0.4, -0.2) is 21.6 Å². The van der Waals surface area contributed by atoms with Gasteiger partial charge in [0.05, 0.1) is 11.1 Å². The summed E-state index contributed by atoms with van der Waals surface area (Å²) in [5.74, 6) is -0.512. The van der Waals surface area contributed by atoms with Gasteiger partial charge in [-0.05, 0) is 52.4 Å². The summed E-state index contributed by atoms with van der Waals surface area (Å²) >= 11 is 2.28. The van der Waals surface area contributed by atoms with E-state index in [0.717, 1.165) is 16.5 Å². The van der Waals surface area contributed by atoms with E-state index in [1.807, 2.05) is 30.5 Å². The van der Waals surface area contributed by atoms with Crippen LogP contribution in [0.4, 0.5) is 5.69 Å². The number of fused-ring (bicyclic) bond motifs is 1. The molecule has 1 heterocycles. The molecule has 1 N–H and O–H groups in total. The largest absolute Gasteiger partial charge is 0.342 e. The smallest absolute Gasteiger partial charge is 0.271 e. The van der Waals surface area contributed by atoms with Gasteiger partial charge in [0, 0.05) is 50.5 Å². The molecule has 0 spiro atoms. The van der Waals surface area contributed by atoms with E-state index >= 15 is 0 Å². The third-order valence-electron chi connectivity index (χ3n) is 4.77. The van der Waals surface area contributed by atoms with Crippen LogP contribution in [0.15, 0.2) is 84.1 Å². The van der Waals surface area contributed by atoms with Gasteiger partial charge in [-0.1, -0.05) is 36.4 Å². The Morgan fingerprint density at radius 3 is 2.65 bits per heavy atom. The number of nitrogens with one attached hydrogen (secondary N) is 1. The molecule has 154 valence electrons. The van der Waals surface area contributed by atoms with Crippen molar-refractivity contribution in [2.75, 3.05) is 0 Å². The first-order valence-electron chi connectivity index (χ1n) is 9.41. The number of carbonyl (C=O) groups is 1. The van der Waals surface area contributed by atoms with Crippen molar-refractivity contribution in [1.29, 1.82) is 0 Å². The van der Waals surface area contributed by atoms with Crippen molar-refractivity contribution in [1.82, 2.24) is 9.99 Å². The molecule has 1 amide bonds. The van der Waals surface area contributed by atoms with Crippen LogP contribution in [0.1, 0.15) is 21.5 Å². The molecule has 3 aromatic carbocycles. The topological polar surface area (TPSA) is 89.5 Å². The molecular weight excluding hydrogens is 507 g/mol. The summed E-state index contributed by atoms with van der Waals surface area (Å²) in [5, 5.41) is 16.0. The molecule has 4 aromatic rings. The normalized spacial score (nSPS) is 11.1. The number of hydrazone groups is 1. The lowest BCUT2D eigenvalue weighted by Crippen LogP contribution is -2.17. The maximum atomic E-state index is 12.3. The number of nitro groups is 1. The van der Waals surface area contributed by atoms with Gasteiger partial charge in [-0.15, -0.1) is 0 Å². The molecule has 7 nitrogen and oxygen atoms in total. The van der Waals surface area contributed by atoms with Crippen molar-refractivity contribution in [3.8, 4) is 0 Å². The number of aromatic nitrogens is 1. The molecule has 0 saturated carbocycles. The van der Waals surface area contributed by atoms with Crippen molar-refractivity contribution in [2.45, 2.75) is 6.54 Å². The monoisotopic (exact) mass is 524 g/mol. The van der Waals surface area contributed by atoms with Crippen LogP contribution in [0.2, 0.25) is 0 Å². The van der Waals surface area contributed by atoms with Crippen LogP contribution in [0.5, 0.6) is 0 Å². The molecule has 31 heavy (non-hydrogen) atoms. The first-order chi connectivity index (χ1) is 15.0. The quantitative estimate of drug-likeness (QED) is 0.167. The Morgan fingerprint density at radius 2 is 1.87 bits per heavy atom. The maximum absolute atomic E-state index is 12.3. The van der Waals surface area contributed by atoms with Crippen molar-refractivity contribution >= 4 is 51.3 Å². The second kappa shape index (κ2) is 9.09. The highest BCUT2D eigenvalue weighted by Crippen LogP contribution is 2.21. The molecule has 0 bridgehead atoms. The van der Waals surface area contributed by atoms with Gasteiger partial charge in [0.15, 0.2) is 0 Å². The number of halogens is 1. The summed E-state index contributed by atoms with van der Waals surface area (Å²) < 4.78 is 3.33. The molecule has 0 aliphatic rings. The minimum Gasteiger partial charge on any atom is -0.342 e. The predicted octanol–water partition coefficient (Wildman–Crippen LogP) is 4.97. The second-order valence-electron chi connectivity index (χ2n) is 6.86. The molecule has 0 radical (unpaired) electrons. The zero-order valence-corrected chi connectivity index (χ0v) is 18.4. The predicted molar refractivity (Wildman–Crippen MR) is 128 cm³/mol. The van der Waals surface area contributed by atoms with E-state index in [1.54, 1.807) is 6.21 Å². The molecule has 0 aliphatic carbocycles. The summed E-state index contributed by atoms with van der Waals surface area (Å²) in [6.07, 6.45) is 3.58. The summed E-state index contributed by atoms with van der Waals surface area (Å²) in [5.41, 5.74) is 5.58. The average Bonchev–Trinajstić information content (AvgIpc) is 3.13. The number of amides is 1. The van der Waals surface area contributed by atoms with Crippen molar-refractivity contribution in [3.05, 3.63) is 109 Å². The Morgan fingerprint density at radius 1 is 1.10 bits per heavy atom. The van der Waals surface area contributed by atoms with Gasteiger partial charge >= 0.3 is 0 Å². The first-order valence-corrected chi connectivity index (χ1v) is 10.5. The fourth-order valence-corrected chi connectivity index (χ4v) is 3.64. The molecule has 0 atom stereocenters. The number of para-hydroxylation sites is 1. The van der Waals surface area contributed by atoms with E-state index < -0.39 is 10.8 Å². The van der Waals surface area contributed by atoms with E-state index in [4.69, 9.17) is 0 Å². The Hall–Kier alpha value is -3.53. The number of benzene rings is 3. The van der Waals surface area contributed by atoms with E-state index in [9.17, 15) is 14.9 Å². The molecule has 1 aromatic heterocycles. The van der Waals surface area contributed by atoms with Gasteiger partial charge in [-0.3, -0.25) is 14.9 Å². The van der Waals surface area contributed by atoms with Crippen LogP contribution in [0, 0.1) is 13.7 Å². The zero-order chi connectivity index (χ0) is 21.8. The Balaban J connectivity index is 1.55. The van der Waals surface area contributed by atoms with Crippen molar-refractivity contribution in [2.24, 2.45) is 5.10 Å². The fourth-order valence-electron chi connectivity index (χ4n) is 3.28. The van der Waals surface area contributed by atoms with Gasteiger partial charge < -0.3 is 4.57 Å². The molecule has 8 heteroatoms. The van der Waals surface area contributed by atoms with E-state index in [0.29, 0.717) is 6.54 Å². The lowest BCUT2D eigenvalue weighted by atomic mass is 10.2. The van der Waals surface area contributed by atoms with E-state index in [1.165, 1.54) is 33.4 Å². The minimum absolute atomic E-state index is 0.143. The fraction of sp³-hybridized carbons (Fsp3) is 0.0435. The number of hydrogen-bond donors (Lipinski definition) is 1. The number of hydrogen-bond acceptors (Lipinski definition) is 4. The van der Waals surface area contributed by atoms with Crippen molar-refractivity contribution in [3.63, 3.8) is 0 Å². The molecule has 0 saturated heterocycles. The highest BCUT2D eigenvalue weighted by Gasteiger charge is 2.11. The second-order valence-corrected chi connectivity index (χ2v) is 8.11. The third kappa shape index (κ3) is 4.80. The minimum atomic E-state index is -0.539. The number of carbonyl (C=O) groups excluding carboxylic acids is 1. The summed E-state index contributed by atoms with van der Waals surface area (Å²) in [6.45, 7) is 0.714. The van der Waals surface area contributed by atoms with Crippen LogP contribution in [0.25, 0.3) is 10.9 Å². The van der Waals surface area contributed by atoms with Gasteiger partial charge in [0.2, 0.25) is 0 Å². The number of nitro benzene ring substituents is 1. The highest BCUT2D eigenvalue weighted by molar-refractivity contribution is 14.1. The van der Waals surface area contributed by atoms with E-state index in [-0.39, 0.29) is 11.3 Å². The number of non-ortho nitro benzene ring substituents is 1. The Bertz CT molecular complexity index is 1300. The van der Waals surface area contributed by atoms with Crippen LogP contribution < -0.4 is 5.43 Å². The van der Waals surface area contributed by atoms with Crippen molar-refractivity contribution < 1.29 is 9.72 Å². The first kappa shape index (κ1) is 20.7. The summed E-state index contributed by atoms with van der Waals surface area (Å²) in [6, 6.07) is 21.9. The molecular formula is C23H17IN4O3. The maximum Gasteiger partial charge on any atom is 0.271 e. The van der Waals surface area contributed by atoms with Crippen LogP contribution in [0.3, 0.4) is 0 Å². The molecule has 0 unspecified atom stereocenters. The molecule has 4 rings (SSSR count). The lowest BCUT2D eigenvalue weighted by Gasteiger charge is -2.05. The lowest BCUT2D eigenvalue weighted by molar-refractivity contribution is -0.384. The Kier molecular flexibility index (Phi) is 6.08. The number of rotatable bonds is 6. The van der Waals surface area contributed by atoms with Gasteiger partial charge in [0.25, 0.3) is 11.6 Å². The molecule has 0 fully saturated rings. The zero-order valence-electron chi connectivity index (χ0n) is 16.2. The van der Waals surface area contributed by atoms with Gasteiger partial charge in [-0.25, -0.2) is 5.43 Å². The SMILES string of the molecule is O=C(N/N=C/c1cn(Cc2ccc(I)cc2)c2ccccc12)c1cccc([N+](=O)[O-])c1.